The summed E-state index contributed by atoms with van der Waals surface area (Å²) in [5.74, 6) is 1.82. The molecule has 0 aliphatic carbocycles. The number of amides is 1. The van der Waals surface area contributed by atoms with E-state index in [0.29, 0.717) is 12.1 Å². The number of carbonyl (C=O) groups is 1. The standard InChI is InChI=1S/C18H22N4O2S/c1-13-15(12-25-20-13)18(23)22-10-6-14(11-22)24-16-5-4-7-19-17(16)21-8-2-3-9-21/h4-5,7,12,14H,2-3,6,8-11H2,1H3/t14-/m1/s1. The molecule has 2 fully saturated rings. The van der Waals surface area contributed by atoms with Gasteiger partial charge >= 0.3 is 0 Å². The van der Waals surface area contributed by atoms with Gasteiger partial charge in [0.05, 0.1) is 17.8 Å². The topological polar surface area (TPSA) is 58.6 Å². The SMILES string of the molecule is Cc1nscc1C(=O)N1CC[C@@H](Oc2cccnc2N2CCCC2)C1. The Bertz CT molecular complexity index is 757. The number of carbonyl (C=O) groups excluding carboxylic acids is 1. The van der Waals surface area contributed by atoms with Crippen LogP contribution in [0.1, 0.15) is 35.3 Å². The van der Waals surface area contributed by atoms with Crippen molar-refractivity contribution in [2.75, 3.05) is 31.1 Å². The Morgan fingerprint density at radius 2 is 2.16 bits per heavy atom. The summed E-state index contributed by atoms with van der Waals surface area (Å²) >= 11 is 1.33. The molecule has 0 spiro atoms. The van der Waals surface area contributed by atoms with E-state index < -0.39 is 0 Å². The first kappa shape index (κ1) is 16.3. The predicted octanol–water partition coefficient (Wildman–Crippen LogP) is 2.74. The van der Waals surface area contributed by atoms with Gasteiger partial charge in [-0.2, -0.15) is 4.37 Å². The van der Waals surface area contributed by atoms with Gasteiger partial charge in [-0.3, -0.25) is 4.79 Å². The Balaban J connectivity index is 1.43. The maximum absolute atomic E-state index is 12.6. The maximum atomic E-state index is 12.6. The fourth-order valence-electron chi connectivity index (χ4n) is 3.50. The van der Waals surface area contributed by atoms with Crippen molar-refractivity contribution in [1.82, 2.24) is 14.3 Å². The highest BCUT2D eigenvalue weighted by atomic mass is 32.1. The highest BCUT2D eigenvalue weighted by molar-refractivity contribution is 7.03. The minimum Gasteiger partial charge on any atom is -0.485 e. The second-order valence-electron chi connectivity index (χ2n) is 6.61. The summed E-state index contributed by atoms with van der Waals surface area (Å²) in [4.78, 5) is 21.3. The third-order valence-electron chi connectivity index (χ3n) is 4.86. The summed E-state index contributed by atoms with van der Waals surface area (Å²) in [6, 6.07) is 3.89. The van der Waals surface area contributed by atoms with E-state index in [4.69, 9.17) is 4.74 Å². The Morgan fingerprint density at radius 3 is 2.92 bits per heavy atom. The van der Waals surface area contributed by atoms with E-state index in [0.717, 1.165) is 43.3 Å². The van der Waals surface area contributed by atoms with Gasteiger partial charge in [0.25, 0.3) is 5.91 Å². The van der Waals surface area contributed by atoms with Crippen molar-refractivity contribution in [3.05, 3.63) is 35.0 Å². The first-order valence-electron chi connectivity index (χ1n) is 8.79. The molecule has 1 amide bonds. The second-order valence-corrected chi connectivity index (χ2v) is 7.24. The molecular weight excluding hydrogens is 336 g/mol. The molecule has 0 radical (unpaired) electrons. The predicted molar refractivity (Wildman–Crippen MR) is 97.5 cm³/mol. The van der Waals surface area contributed by atoms with Crippen molar-refractivity contribution in [3.8, 4) is 5.75 Å². The van der Waals surface area contributed by atoms with Crippen molar-refractivity contribution < 1.29 is 9.53 Å². The molecule has 132 valence electrons. The average Bonchev–Trinajstić information content (AvgIpc) is 3.36. The van der Waals surface area contributed by atoms with Crippen LogP contribution in [0.5, 0.6) is 5.75 Å². The van der Waals surface area contributed by atoms with Gasteiger partial charge in [-0.25, -0.2) is 4.98 Å². The number of hydrogen-bond acceptors (Lipinski definition) is 6. The first-order chi connectivity index (χ1) is 12.2. The van der Waals surface area contributed by atoms with Crippen LogP contribution in [0.3, 0.4) is 0 Å². The van der Waals surface area contributed by atoms with E-state index in [9.17, 15) is 4.79 Å². The van der Waals surface area contributed by atoms with Crippen LogP contribution in [0.15, 0.2) is 23.7 Å². The van der Waals surface area contributed by atoms with Gasteiger partial charge in [0.2, 0.25) is 0 Å². The van der Waals surface area contributed by atoms with Gasteiger partial charge in [0.1, 0.15) is 6.10 Å². The van der Waals surface area contributed by atoms with Crippen molar-refractivity contribution in [2.45, 2.75) is 32.3 Å². The molecule has 0 unspecified atom stereocenters. The summed E-state index contributed by atoms with van der Waals surface area (Å²) in [5, 5.41) is 1.83. The molecule has 2 aromatic heterocycles. The number of aromatic nitrogens is 2. The summed E-state index contributed by atoms with van der Waals surface area (Å²) in [7, 11) is 0. The molecule has 2 saturated heterocycles. The molecule has 1 atom stereocenters. The van der Waals surface area contributed by atoms with Gasteiger partial charge in [0.15, 0.2) is 11.6 Å². The average molecular weight is 358 g/mol. The molecule has 4 rings (SSSR count). The van der Waals surface area contributed by atoms with E-state index in [1.54, 1.807) is 0 Å². The Kier molecular flexibility index (Phi) is 4.57. The summed E-state index contributed by atoms with van der Waals surface area (Å²) < 4.78 is 10.4. The number of hydrogen-bond donors (Lipinski definition) is 0. The molecule has 7 heteroatoms. The minimum absolute atomic E-state index is 0.0152. The van der Waals surface area contributed by atoms with Crippen molar-refractivity contribution in [3.63, 3.8) is 0 Å². The maximum Gasteiger partial charge on any atom is 0.256 e. The lowest BCUT2D eigenvalue weighted by molar-refractivity contribution is 0.0772. The highest BCUT2D eigenvalue weighted by Crippen LogP contribution is 2.30. The van der Waals surface area contributed by atoms with Gasteiger partial charge in [-0.05, 0) is 43.4 Å². The van der Waals surface area contributed by atoms with E-state index in [2.05, 4.69) is 14.3 Å². The van der Waals surface area contributed by atoms with Gasteiger partial charge in [-0.1, -0.05) is 0 Å². The van der Waals surface area contributed by atoms with Crippen LogP contribution < -0.4 is 9.64 Å². The van der Waals surface area contributed by atoms with Crippen LogP contribution in [0, 0.1) is 6.92 Å². The largest absolute Gasteiger partial charge is 0.485 e. The molecule has 0 aromatic carbocycles. The fourth-order valence-corrected chi connectivity index (χ4v) is 4.18. The van der Waals surface area contributed by atoms with Crippen LogP contribution in [-0.2, 0) is 0 Å². The van der Waals surface area contributed by atoms with E-state index in [1.165, 1.54) is 24.4 Å². The van der Waals surface area contributed by atoms with Crippen LogP contribution in [0.4, 0.5) is 5.82 Å². The monoisotopic (exact) mass is 358 g/mol. The third-order valence-corrected chi connectivity index (χ3v) is 5.58. The number of aryl methyl sites for hydroxylation is 1. The second kappa shape index (κ2) is 7.00. The number of likely N-dealkylation sites (tertiary alicyclic amines) is 1. The number of nitrogens with zero attached hydrogens (tertiary/aromatic N) is 4. The van der Waals surface area contributed by atoms with Gasteiger partial charge in [-0.15, -0.1) is 0 Å². The zero-order valence-corrected chi connectivity index (χ0v) is 15.2. The zero-order valence-electron chi connectivity index (χ0n) is 14.4. The molecule has 4 heterocycles. The summed E-state index contributed by atoms with van der Waals surface area (Å²) in [5.41, 5.74) is 1.52. The van der Waals surface area contributed by atoms with E-state index in [1.807, 2.05) is 35.5 Å². The molecule has 25 heavy (non-hydrogen) atoms. The third kappa shape index (κ3) is 3.33. The number of ether oxygens (including phenoxy) is 1. The molecule has 2 aliphatic heterocycles. The van der Waals surface area contributed by atoms with E-state index in [-0.39, 0.29) is 12.0 Å². The lowest BCUT2D eigenvalue weighted by Crippen LogP contribution is -2.31. The number of anilines is 1. The zero-order chi connectivity index (χ0) is 17.2. The van der Waals surface area contributed by atoms with Crippen LogP contribution in [0.25, 0.3) is 0 Å². The summed E-state index contributed by atoms with van der Waals surface area (Å²) in [6.45, 7) is 5.28. The molecule has 0 bridgehead atoms. The first-order valence-corrected chi connectivity index (χ1v) is 9.63. The normalized spacial score (nSPS) is 20.3. The molecule has 2 aromatic rings. The van der Waals surface area contributed by atoms with Crippen molar-refractivity contribution in [2.24, 2.45) is 0 Å². The Morgan fingerprint density at radius 1 is 1.32 bits per heavy atom. The molecule has 6 nitrogen and oxygen atoms in total. The quantitative estimate of drug-likeness (QED) is 0.841. The lowest BCUT2D eigenvalue weighted by Gasteiger charge is -2.22. The lowest BCUT2D eigenvalue weighted by atomic mass is 10.2. The summed E-state index contributed by atoms with van der Waals surface area (Å²) in [6.07, 6.45) is 5.08. The van der Waals surface area contributed by atoms with E-state index >= 15 is 0 Å². The van der Waals surface area contributed by atoms with Gasteiger partial charge < -0.3 is 14.5 Å². The van der Waals surface area contributed by atoms with Crippen LogP contribution >= 0.6 is 11.5 Å². The highest BCUT2D eigenvalue weighted by Gasteiger charge is 2.30. The molecular formula is C18H22N4O2S. The van der Waals surface area contributed by atoms with Crippen LogP contribution in [-0.4, -0.2) is 52.4 Å². The molecule has 0 N–H and O–H groups in total. The fraction of sp³-hybridized carbons (Fsp3) is 0.500. The Hall–Kier alpha value is -2.15. The molecule has 2 aliphatic rings. The van der Waals surface area contributed by atoms with Crippen LogP contribution in [0.2, 0.25) is 0 Å². The molecule has 0 saturated carbocycles. The number of pyridine rings is 1. The van der Waals surface area contributed by atoms with Crippen molar-refractivity contribution >= 4 is 23.3 Å². The smallest absolute Gasteiger partial charge is 0.256 e. The number of rotatable bonds is 4. The Labute approximate surface area is 151 Å². The minimum atomic E-state index is 0.0152. The van der Waals surface area contributed by atoms with Crippen molar-refractivity contribution in [1.29, 1.82) is 0 Å². The van der Waals surface area contributed by atoms with Gasteiger partial charge in [0, 0.05) is 37.6 Å².